The molecule has 0 bridgehead atoms. The van der Waals surface area contributed by atoms with Crippen molar-refractivity contribution in [3.63, 3.8) is 0 Å². The van der Waals surface area contributed by atoms with Crippen LogP contribution in [-0.4, -0.2) is 30.2 Å². The molecule has 213 valence electrons. The largest absolute Gasteiger partial charge is 0.512 e. The van der Waals surface area contributed by atoms with Gasteiger partial charge in [-0.3, -0.25) is 19.7 Å². The number of pyridine rings is 3. The number of aliphatic hydroxyl groups is 1. The van der Waals surface area contributed by atoms with E-state index >= 15 is 0 Å². The number of imidazole rings is 1. The minimum absolute atomic E-state index is 0. The molecule has 7 heteroatoms. The molecule has 4 heterocycles. The molecular formula is C34H35IrN4O2-. The Hall–Kier alpha value is -3.67. The van der Waals surface area contributed by atoms with Gasteiger partial charge in [-0.1, -0.05) is 49.9 Å². The van der Waals surface area contributed by atoms with E-state index in [0.29, 0.717) is 0 Å². The third-order valence-electron chi connectivity index (χ3n) is 7.91. The van der Waals surface area contributed by atoms with Crippen molar-refractivity contribution in [1.29, 1.82) is 0 Å². The average molecular weight is 724 g/mol. The maximum Gasteiger partial charge on any atom is 0.162 e. The van der Waals surface area contributed by atoms with Gasteiger partial charge in [-0.15, -0.1) is 23.6 Å². The second-order valence-electron chi connectivity index (χ2n) is 10.2. The topological polar surface area (TPSA) is 80.4 Å². The van der Waals surface area contributed by atoms with Crippen molar-refractivity contribution >= 4 is 54.8 Å². The quantitative estimate of drug-likeness (QED) is 0.0589. The number of carbonyl (C=O) groups excluding carboxylic acids is 1. The number of benzene rings is 2. The van der Waals surface area contributed by atoms with Crippen molar-refractivity contribution in [2.45, 2.75) is 53.4 Å². The fraction of sp³-hybridized carbons (Fsp3) is 0.294. The van der Waals surface area contributed by atoms with E-state index in [1.807, 2.05) is 64.6 Å². The number of carbonyl (C=O) groups is 1. The minimum Gasteiger partial charge on any atom is -0.512 e. The van der Waals surface area contributed by atoms with E-state index in [-0.39, 0.29) is 43.5 Å². The Morgan fingerprint density at radius 1 is 0.927 bits per heavy atom. The van der Waals surface area contributed by atoms with Gasteiger partial charge in [0.2, 0.25) is 0 Å². The molecule has 41 heavy (non-hydrogen) atoms. The molecule has 1 radical (unpaired) electrons. The predicted octanol–water partition coefficient (Wildman–Crippen LogP) is 8.40. The Morgan fingerprint density at radius 3 is 2.41 bits per heavy atom. The van der Waals surface area contributed by atoms with Crippen LogP contribution < -0.4 is 0 Å². The molecule has 4 aromatic heterocycles. The summed E-state index contributed by atoms with van der Waals surface area (Å²) in [6, 6.07) is 16.0. The van der Waals surface area contributed by atoms with Crippen LogP contribution in [0.4, 0.5) is 0 Å². The van der Waals surface area contributed by atoms with Crippen LogP contribution in [0, 0.1) is 17.9 Å². The number of nitrogens with zero attached hydrogens (tertiary/aromatic N) is 4. The predicted molar refractivity (Wildman–Crippen MR) is 164 cm³/mol. The number of hydrogen-bond acceptors (Lipinski definition) is 5. The molecule has 0 spiro atoms. The number of ketones is 1. The van der Waals surface area contributed by atoms with Gasteiger partial charge in [0, 0.05) is 67.5 Å². The van der Waals surface area contributed by atoms with Crippen LogP contribution in [0.15, 0.2) is 79.2 Å². The number of aliphatic hydroxyl groups excluding tert-OH is 1. The Bertz CT molecular complexity index is 1850. The fourth-order valence-corrected chi connectivity index (χ4v) is 5.52. The normalized spacial score (nSPS) is 11.9. The second kappa shape index (κ2) is 13.3. The third-order valence-corrected chi connectivity index (χ3v) is 7.91. The average Bonchev–Trinajstić information content (AvgIpc) is 3.48. The van der Waals surface area contributed by atoms with E-state index in [1.165, 1.54) is 11.5 Å². The summed E-state index contributed by atoms with van der Waals surface area (Å²) in [6.45, 7) is 8.07. The first-order chi connectivity index (χ1) is 19.5. The van der Waals surface area contributed by atoms with Crippen LogP contribution in [0.1, 0.15) is 53.4 Å². The Morgan fingerprint density at radius 2 is 1.68 bits per heavy atom. The van der Waals surface area contributed by atoms with Gasteiger partial charge in [0.15, 0.2) is 5.78 Å². The smallest absolute Gasteiger partial charge is 0.162 e. The van der Waals surface area contributed by atoms with Gasteiger partial charge in [-0.05, 0) is 61.7 Å². The van der Waals surface area contributed by atoms with E-state index in [1.54, 1.807) is 6.20 Å². The summed E-state index contributed by atoms with van der Waals surface area (Å²) in [7, 11) is 0. The van der Waals surface area contributed by atoms with Crippen molar-refractivity contribution in [2.24, 2.45) is 11.8 Å². The monoisotopic (exact) mass is 724 g/mol. The third kappa shape index (κ3) is 5.88. The summed E-state index contributed by atoms with van der Waals surface area (Å²) >= 11 is 0. The van der Waals surface area contributed by atoms with Crippen LogP contribution in [0.3, 0.4) is 0 Å². The summed E-state index contributed by atoms with van der Waals surface area (Å²) in [5.41, 5.74) is 3.02. The number of allylic oxidation sites excluding steroid dienone is 2. The first-order valence-electron chi connectivity index (χ1n) is 14.2. The molecule has 6 rings (SSSR count). The van der Waals surface area contributed by atoms with Crippen molar-refractivity contribution in [3.8, 4) is 0 Å². The molecule has 0 atom stereocenters. The molecule has 0 saturated heterocycles. The van der Waals surface area contributed by atoms with Crippen molar-refractivity contribution < 1.29 is 30.0 Å². The summed E-state index contributed by atoms with van der Waals surface area (Å²) in [6.07, 6.45) is 14.3. The SMILES string of the molecule is CCC(CC)C(=O)/C=C(\O)C(CC)CC.[Ir].[c-]1c2ccncc2cc2c1c1nccn1c1c3cccnc3ccc21. The zero-order valence-corrected chi connectivity index (χ0v) is 26.3. The number of hydrogen-bond donors (Lipinski definition) is 1. The van der Waals surface area contributed by atoms with Gasteiger partial charge >= 0.3 is 0 Å². The van der Waals surface area contributed by atoms with E-state index in [2.05, 4.69) is 49.7 Å². The van der Waals surface area contributed by atoms with Crippen LogP contribution in [-0.2, 0) is 24.9 Å². The Labute approximate surface area is 253 Å². The van der Waals surface area contributed by atoms with E-state index in [4.69, 9.17) is 0 Å². The molecule has 6 aromatic rings. The molecule has 0 amide bonds. The van der Waals surface area contributed by atoms with E-state index < -0.39 is 0 Å². The summed E-state index contributed by atoms with van der Waals surface area (Å²) in [5, 5.41) is 16.3. The van der Waals surface area contributed by atoms with E-state index in [9.17, 15) is 9.90 Å². The standard InChI is InChI=1S/C21H11N4.C13H24O2.Ir/c1-2-16-19(23-6-1)4-3-15-17-11-14-12-22-7-5-13(14)10-18(17)21-24-8-9-25(21)20(15)16;1-5-10(6-2)12(14)9-13(15)11(7-3)8-4;/h1-9,11-12H;9-11,14H,5-8H2,1-4H3;/q-1;;/b;12-9-;. The molecule has 0 unspecified atom stereocenters. The summed E-state index contributed by atoms with van der Waals surface area (Å²) in [5.74, 6) is 0.547. The van der Waals surface area contributed by atoms with Gasteiger partial charge in [0.1, 0.15) is 0 Å². The number of rotatable bonds is 7. The van der Waals surface area contributed by atoms with Crippen LogP contribution in [0.2, 0.25) is 0 Å². The minimum atomic E-state index is 0. The van der Waals surface area contributed by atoms with Crippen LogP contribution in [0.5, 0.6) is 0 Å². The molecule has 6 nitrogen and oxygen atoms in total. The van der Waals surface area contributed by atoms with Gasteiger partial charge in [0.25, 0.3) is 0 Å². The molecular weight excluding hydrogens is 689 g/mol. The Balaban J connectivity index is 0.000000212. The molecule has 0 aliphatic rings. The van der Waals surface area contributed by atoms with E-state index in [0.717, 1.165) is 69.3 Å². The number of aromatic nitrogens is 4. The first-order valence-corrected chi connectivity index (χ1v) is 14.2. The summed E-state index contributed by atoms with van der Waals surface area (Å²) < 4.78 is 2.14. The zero-order valence-electron chi connectivity index (χ0n) is 23.9. The van der Waals surface area contributed by atoms with Crippen molar-refractivity contribution in [3.05, 3.63) is 85.3 Å². The van der Waals surface area contributed by atoms with Crippen molar-refractivity contribution in [2.75, 3.05) is 0 Å². The van der Waals surface area contributed by atoms with Crippen LogP contribution >= 0.6 is 0 Å². The molecule has 2 aromatic carbocycles. The van der Waals surface area contributed by atoms with Gasteiger partial charge in [-0.25, -0.2) is 0 Å². The van der Waals surface area contributed by atoms with Crippen LogP contribution in [0.25, 0.3) is 49.0 Å². The fourth-order valence-electron chi connectivity index (χ4n) is 5.52. The second-order valence-corrected chi connectivity index (χ2v) is 10.2. The molecule has 0 saturated carbocycles. The van der Waals surface area contributed by atoms with Gasteiger partial charge < -0.3 is 9.51 Å². The summed E-state index contributed by atoms with van der Waals surface area (Å²) in [4.78, 5) is 25.1. The maximum atomic E-state index is 11.7. The van der Waals surface area contributed by atoms with Gasteiger partial charge in [-0.2, -0.15) is 0 Å². The molecule has 1 N–H and O–H groups in total. The Kier molecular flexibility index (Phi) is 9.85. The molecule has 0 fully saturated rings. The van der Waals surface area contributed by atoms with Crippen molar-refractivity contribution in [1.82, 2.24) is 19.4 Å². The molecule has 0 aliphatic heterocycles. The van der Waals surface area contributed by atoms with Gasteiger partial charge in [0.05, 0.1) is 16.9 Å². The number of fused-ring (bicyclic) bond motifs is 9. The zero-order chi connectivity index (χ0) is 28.2. The maximum absolute atomic E-state index is 11.7. The molecule has 0 aliphatic carbocycles. The first kappa shape index (κ1) is 30.3.